The third kappa shape index (κ3) is 5.79. The van der Waals surface area contributed by atoms with E-state index in [9.17, 15) is 26.4 Å². The molecule has 9 nitrogen and oxygen atoms in total. The number of hydrogen-bond donors (Lipinski definition) is 0. The second kappa shape index (κ2) is 9.62. The SMILES string of the molecule is CC(=O)c1cccc(N(CC(=O)N2CCN(S(=O)(=O)c3ccc(C)cc3)CC2)S(C)(=O)=O)c1. The van der Waals surface area contributed by atoms with Crippen LogP contribution in [0.1, 0.15) is 22.8 Å². The van der Waals surface area contributed by atoms with Gasteiger partial charge in [-0.2, -0.15) is 4.31 Å². The lowest BCUT2D eigenvalue weighted by Crippen LogP contribution is -2.53. The number of hydrogen-bond acceptors (Lipinski definition) is 6. The van der Waals surface area contributed by atoms with Crippen molar-refractivity contribution in [1.82, 2.24) is 9.21 Å². The molecule has 0 atom stereocenters. The highest BCUT2D eigenvalue weighted by Gasteiger charge is 2.31. The van der Waals surface area contributed by atoms with Gasteiger partial charge in [0.2, 0.25) is 26.0 Å². The Labute approximate surface area is 194 Å². The van der Waals surface area contributed by atoms with Crippen LogP contribution in [0.5, 0.6) is 0 Å². The lowest BCUT2D eigenvalue weighted by Gasteiger charge is -2.35. The van der Waals surface area contributed by atoms with Crippen molar-refractivity contribution in [3.8, 4) is 0 Å². The number of piperazine rings is 1. The first-order valence-corrected chi connectivity index (χ1v) is 13.6. The number of carbonyl (C=O) groups excluding carboxylic acids is 2. The van der Waals surface area contributed by atoms with Crippen LogP contribution in [-0.2, 0) is 24.8 Å². The predicted molar refractivity (Wildman–Crippen MR) is 125 cm³/mol. The van der Waals surface area contributed by atoms with E-state index in [1.807, 2.05) is 6.92 Å². The van der Waals surface area contributed by atoms with Gasteiger partial charge in [-0.15, -0.1) is 0 Å². The Balaban J connectivity index is 1.71. The van der Waals surface area contributed by atoms with E-state index in [0.717, 1.165) is 16.1 Å². The molecule has 178 valence electrons. The quantitative estimate of drug-likeness (QED) is 0.541. The highest BCUT2D eigenvalue weighted by Crippen LogP contribution is 2.21. The number of sulfonamides is 2. The van der Waals surface area contributed by atoms with Crippen LogP contribution in [0, 0.1) is 6.92 Å². The van der Waals surface area contributed by atoms with E-state index in [2.05, 4.69) is 0 Å². The molecule has 0 unspecified atom stereocenters. The first-order chi connectivity index (χ1) is 15.4. The molecule has 1 fully saturated rings. The van der Waals surface area contributed by atoms with Gasteiger partial charge in [0.05, 0.1) is 16.8 Å². The summed E-state index contributed by atoms with van der Waals surface area (Å²) in [5, 5.41) is 0. The van der Waals surface area contributed by atoms with Gasteiger partial charge in [0.15, 0.2) is 5.78 Å². The zero-order valence-electron chi connectivity index (χ0n) is 18.8. The second-order valence-corrected chi connectivity index (χ2v) is 11.8. The topological polar surface area (TPSA) is 112 Å². The van der Waals surface area contributed by atoms with Gasteiger partial charge < -0.3 is 4.90 Å². The molecule has 0 saturated carbocycles. The van der Waals surface area contributed by atoms with Gasteiger partial charge in [0.1, 0.15) is 6.54 Å². The fraction of sp³-hybridized carbons (Fsp3) is 0.364. The van der Waals surface area contributed by atoms with E-state index in [1.165, 1.54) is 28.3 Å². The Morgan fingerprint density at radius 1 is 0.939 bits per heavy atom. The van der Waals surface area contributed by atoms with Crippen molar-refractivity contribution in [2.75, 3.05) is 43.3 Å². The lowest BCUT2D eigenvalue weighted by atomic mass is 10.1. The molecule has 1 saturated heterocycles. The van der Waals surface area contributed by atoms with Crippen LogP contribution in [0.15, 0.2) is 53.4 Å². The summed E-state index contributed by atoms with van der Waals surface area (Å²) in [5.74, 6) is -0.663. The first kappa shape index (κ1) is 24.9. The summed E-state index contributed by atoms with van der Waals surface area (Å²) in [4.78, 5) is 26.2. The number of Topliss-reactive ketones (excluding diaryl/α,β-unsaturated/α-hetero) is 1. The monoisotopic (exact) mass is 493 g/mol. The maximum atomic E-state index is 12.9. The summed E-state index contributed by atoms with van der Waals surface area (Å²) < 4.78 is 52.8. The zero-order chi connectivity index (χ0) is 24.4. The van der Waals surface area contributed by atoms with Crippen molar-refractivity contribution in [2.45, 2.75) is 18.7 Å². The van der Waals surface area contributed by atoms with Gasteiger partial charge in [0, 0.05) is 31.7 Å². The summed E-state index contributed by atoms with van der Waals surface area (Å²) in [6.45, 7) is 3.33. The largest absolute Gasteiger partial charge is 0.338 e. The van der Waals surface area contributed by atoms with Crippen LogP contribution < -0.4 is 4.31 Å². The average Bonchev–Trinajstić information content (AvgIpc) is 2.77. The van der Waals surface area contributed by atoms with Crippen molar-refractivity contribution in [3.63, 3.8) is 0 Å². The van der Waals surface area contributed by atoms with Gasteiger partial charge in [0.25, 0.3) is 0 Å². The first-order valence-electron chi connectivity index (χ1n) is 10.3. The molecule has 0 aliphatic carbocycles. The van der Waals surface area contributed by atoms with E-state index in [4.69, 9.17) is 0 Å². The van der Waals surface area contributed by atoms with Crippen LogP contribution in [0.25, 0.3) is 0 Å². The van der Waals surface area contributed by atoms with E-state index >= 15 is 0 Å². The number of aryl methyl sites for hydroxylation is 1. The smallest absolute Gasteiger partial charge is 0.243 e. The molecule has 0 N–H and O–H groups in total. The summed E-state index contributed by atoms with van der Waals surface area (Å²) >= 11 is 0. The van der Waals surface area contributed by atoms with Gasteiger partial charge in [-0.25, -0.2) is 16.8 Å². The average molecular weight is 494 g/mol. The molecule has 2 aromatic carbocycles. The van der Waals surface area contributed by atoms with Crippen molar-refractivity contribution < 1.29 is 26.4 Å². The number of ketones is 1. The number of carbonyl (C=O) groups is 2. The fourth-order valence-electron chi connectivity index (χ4n) is 3.54. The van der Waals surface area contributed by atoms with Crippen molar-refractivity contribution in [1.29, 1.82) is 0 Å². The molecule has 11 heteroatoms. The van der Waals surface area contributed by atoms with Crippen molar-refractivity contribution in [3.05, 3.63) is 59.7 Å². The summed E-state index contributed by atoms with van der Waals surface area (Å²) in [7, 11) is -7.47. The molecular formula is C22H27N3O6S2. The minimum atomic E-state index is -3.80. The third-order valence-electron chi connectivity index (χ3n) is 5.47. The second-order valence-electron chi connectivity index (χ2n) is 7.97. The van der Waals surface area contributed by atoms with Crippen molar-refractivity contribution in [2.24, 2.45) is 0 Å². The molecule has 1 aliphatic rings. The van der Waals surface area contributed by atoms with Crippen LogP contribution in [0.4, 0.5) is 5.69 Å². The minimum Gasteiger partial charge on any atom is -0.338 e. The zero-order valence-corrected chi connectivity index (χ0v) is 20.4. The Morgan fingerprint density at radius 2 is 1.55 bits per heavy atom. The number of benzene rings is 2. The number of nitrogens with zero attached hydrogens (tertiary/aromatic N) is 3. The highest BCUT2D eigenvalue weighted by molar-refractivity contribution is 7.92. The number of anilines is 1. The van der Waals surface area contributed by atoms with E-state index < -0.39 is 32.5 Å². The highest BCUT2D eigenvalue weighted by atomic mass is 32.2. The van der Waals surface area contributed by atoms with Crippen molar-refractivity contribution >= 4 is 37.4 Å². The maximum Gasteiger partial charge on any atom is 0.243 e. The van der Waals surface area contributed by atoms with Crippen LogP contribution >= 0.6 is 0 Å². The van der Waals surface area contributed by atoms with Gasteiger partial charge in [-0.05, 0) is 38.1 Å². The molecule has 3 rings (SSSR count). The Bertz CT molecular complexity index is 1250. The molecule has 0 radical (unpaired) electrons. The normalized spacial score (nSPS) is 15.3. The summed E-state index contributed by atoms with van der Waals surface area (Å²) in [6.07, 6.45) is 0.993. The van der Waals surface area contributed by atoms with Crippen LogP contribution in [0.3, 0.4) is 0 Å². The molecule has 0 bridgehead atoms. The molecule has 33 heavy (non-hydrogen) atoms. The Hall–Kier alpha value is -2.76. The van der Waals surface area contributed by atoms with Gasteiger partial charge in [-0.1, -0.05) is 29.8 Å². The number of amides is 1. The van der Waals surface area contributed by atoms with Crippen LogP contribution in [0.2, 0.25) is 0 Å². The summed E-state index contributed by atoms with van der Waals surface area (Å²) in [6, 6.07) is 12.7. The van der Waals surface area contributed by atoms with Gasteiger partial charge >= 0.3 is 0 Å². The Morgan fingerprint density at radius 3 is 2.09 bits per heavy atom. The molecule has 0 spiro atoms. The van der Waals surface area contributed by atoms with E-state index in [1.54, 1.807) is 36.4 Å². The molecule has 1 heterocycles. The van der Waals surface area contributed by atoms with E-state index in [-0.39, 0.29) is 42.5 Å². The molecule has 0 aromatic heterocycles. The fourth-order valence-corrected chi connectivity index (χ4v) is 5.80. The lowest BCUT2D eigenvalue weighted by molar-refractivity contribution is -0.130. The molecule has 1 amide bonds. The molecule has 2 aromatic rings. The third-order valence-corrected chi connectivity index (χ3v) is 8.52. The standard InChI is InChI=1S/C22H27N3O6S2/c1-17-7-9-21(10-8-17)33(30,31)24-13-11-23(12-14-24)22(27)16-25(32(3,28)29)20-6-4-5-19(15-20)18(2)26/h4-10,15H,11-14,16H2,1-3H3. The molecular weight excluding hydrogens is 466 g/mol. The van der Waals surface area contributed by atoms with E-state index in [0.29, 0.717) is 5.56 Å². The maximum absolute atomic E-state index is 12.9. The van der Waals surface area contributed by atoms with Gasteiger partial charge in [-0.3, -0.25) is 13.9 Å². The molecule has 1 aliphatic heterocycles. The van der Waals surface area contributed by atoms with Crippen LogP contribution in [-0.4, -0.2) is 76.7 Å². The Kier molecular flexibility index (Phi) is 7.25. The number of rotatable bonds is 7. The minimum absolute atomic E-state index is 0.112. The predicted octanol–water partition coefficient (Wildman–Crippen LogP) is 1.50. The summed E-state index contributed by atoms with van der Waals surface area (Å²) in [5.41, 5.74) is 1.51.